The zero-order chi connectivity index (χ0) is 8.10. The fraction of sp³-hybridized carbons (Fsp3) is 0.714. The van der Waals surface area contributed by atoms with Crippen molar-refractivity contribution in [3.63, 3.8) is 0 Å². The minimum absolute atomic E-state index is 0.735. The smallest absolute Gasteiger partial charge is 0.0434 e. The van der Waals surface area contributed by atoms with Gasteiger partial charge in [0.05, 0.1) is 0 Å². The van der Waals surface area contributed by atoms with Gasteiger partial charge in [-0.25, -0.2) is 0 Å². The molecule has 1 fully saturated rings. The molecular weight excluding hydrogens is 201 g/mol. The normalized spacial score (nSPS) is 22.2. The van der Waals surface area contributed by atoms with Gasteiger partial charge in [-0.1, -0.05) is 23.2 Å². The van der Waals surface area contributed by atoms with Crippen LogP contribution in [0.4, 0.5) is 0 Å². The second-order valence-electron chi connectivity index (χ2n) is 2.44. The average Bonchev–Trinajstić information content (AvgIpc) is 2.06. The Hall–Kier alpha value is 0.630. The van der Waals surface area contributed by atoms with Crippen LogP contribution in [0.1, 0.15) is 0 Å². The van der Waals surface area contributed by atoms with Crippen LogP contribution in [-0.4, -0.2) is 36.0 Å². The highest BCUT2D eigenvalue weighted by atomic mass is 35.5. The van der Waals surface area contributed by atoms with E-state index in [2.05, 4.69) is 4.90 Å². The summed E-state index contributed by atoms with van der Waals surface area (Å²) in [7, 11) is 0. The van der Waals surface area contributed by atoms with E-state index in [9.17, 15) is 0 Å². The first-order chi connectivity index (χ1) is 5.33. The van der Waals surface area contributed by atoms with E-state index in [4.69, 9.17) is 23.2 Å². The van der Waals surface area contributed by atoms with E-state index in [1.54, 1.807) is 0 Å². The van der Waals surface area contributed by atoms with Gasteiger partial charge < -0.3 is 0 Å². The molecule has 0 N–H and O–H groups in total. The first-order valence-electron chi connectivity index (χ1n) is 3.58. The number of rotatable bonds is 2. The SMILES string of the molecule is Cl/C=C(/Cl)CN1CCSCC1. The number of hydrogen-bond acceptors (Lipinski definition) is 2. The molecule has 0 bridgehead atoms. The van der Waals surface area contributed by atoms with Crippen LogP contribution in [0.5, 0.6) is 0 Å². The van der Waals surface area contributed by atoms with Crippen LogP contribution in [0, 0.1) is 0 Å². The highest BCUT2D eigenvalue weighted by Crippen LogP contribution is 2.12. The first kappa shape index (κ1) is 9.72. The Labute approximate surface area is 81.7 Å². The predicted octanol–water partition coefficient (Wildman–Crippen LogP) is 2.35. The van der Waals surface area contributed by atoms with E-state index in [0.29, 0.717) is 0 Å². The zero-order valence-electron chi connectivity index (χ0n) is 6.22. The lowest BCUT2D eigenvalue weighted by molar-refractivity contribution is 0.333. The summed E-state index contributed by atoms with van der Waals surface area (Å²) in [6.45, 7) is 3.07. The highest BCUT2D eigenvalue weighted by Gasteiger charge is 2.10. The maximum absolute atomic E-state index is 5.78. The van der Waals surface area contributed by atoms with E-state index in [1.807, 2.05) is 11.8 Å². The standard InChI is InChI=1S/C7H11Cl2NS/c8-5-7(9)6-10-1-3-11-4-2-10/h5H,1-4,6H2/b7-5+. The van der Waals surface area contributed by atoms with Crippen LogP contribution in [-0.2, 0) is 0 Å². The van der Waals surface area contributed by atoms with Crippen molar-refractivity contribution in [3.05, 3.63) is 10.6 Å². The number of halogens is 2. The van der Waals surface area contributed by atoms with Crippen LogP contribution in [0.3, 0.4) is 0 Å². The summed E-state index contributed by atoms with van der Waals surface area (Å²) in [5, 5.41) is 0.735. The molecule has 0 aromatic rings. The molecule has 0 spiro atoms. The Morgan fingerprint density at radius 3 is 2.64 bits per heavy atom. The van der Waals surface area contributed by atoms with Crippen molar-refractivity contribution < 1.29 is 0 Å². The average molecular weight is 212 g/mol. The van der Waals surface area contributed by atoms with E-state index in [0.717, 1.165) is 24.7 Å². The lowest BCUT2D eigenvalue weighted by Gasteiger charge is -2.25. The van der Waals surface area contributed by atoms with Crippen LogP contribution in [0.2, 0.25) is 0 Å². The Bertz CT molecular complexity index is 143. The summed E-state index contributed by atoms with van der Waals surface area (Å²) in [5.41, 5.74) is 1.45. The Morgan fingerprint density at radius 1 is 1.45 bits per heavy atom. The van der Waals surface area contributed by atoms with E-state index in [1.165, 1.54) is 17.0 Å². The molecule has 1 nitrogen and oxygen atoms in total. The third-order valence-corrected chi connectivity index (χ3v) is 3.14. The number of hydrogen-bond donors (Lipinski definition) is 0. The van der Waals surface area contributed by atoms with Gasteiger partial charge in [0.1, 0.15) is 0 Å². The third kappa shape index (κ3) is 3.70. The maximum Gasteiger partial charge on any atom is 0.0434 e. The van der Waals surface area contributed by atoms with Crippen molar-refractivity contribution in [2.24, 2.45) is 0 Å². The van der Waals surface area contributed by atoms with Gasteiger partial charge in [-0.05, 0) is 0 Å². The van der Waals surface area contributed by atoms with Gasteiger partial charge in [-0.15, -0.1) is 0 Å². The fourth-order valence-corrected chi connectivity index (χ4v) is 2.22. The van der Waals surface area contributed by atoms with Gasteiger partial charge in [0.25, 0.3) is 0 Å². The molecule has 1 saturated heterocycles. The Balaban J connectivity index is 2.24. The van der Waals surface area contributed by atoms with Crippen molar-refractivity contribution in [1.29, 1.82) is 0 Å². The van der Waals surface area contributed by atoms with E-state index >= 15 is 0 Å². The van der Waals surface area contributed by atoms with Gasteiger partial charge in [-0.2, -0.15) is 11.8 Å². The summed E-state index contributed by atoms with van der Waals surface area (Å²) in [6.07, 6.45) is 0. The molecule has 0 radical (unpaired) electrons. The number of thioether (sulfide) groups is 1. The van der Waals surface area contributed by atoms with Gasteiger partial charge >= 0.3 is 0 Å². The zero-order valence-corrected chi connectivity index (χ0v) is 8.55. The summed E-state index contributed by atoms with van der Waals surface area (Å²) in [5.74, 6) is 2.43. The number of nitrogens with zero attached hydrogens (tertiary/aromatic N) is 1. The molecular formula is C7H11Cl2NS. The lowest BCUT2D eigenvalue weighted by atomic mass is 10.4. The van der Waals surface area contributed by atoms with Crippen molar-refractivity contribution >= 4 is 35.0 Å². The molecule has 0 atom stereocenters. The van der Waals surface area contributed by atoms with Crippen LogP contribution >= 0.6 is 35.0 Å². The Morgan fingerprint density at radius 2 is 2.09 bits per heavy atom. The van der Waals surface area contributed by atoms with Crippen LogP contribution in [0.15, 0.2) is 10.6 Å². The van der Waals surface area contributed by atoms with E-state index < -0.39 is 0 Å². The summed E-state index contributed by atoms with van der Waals surface area (Å²) >= 11 is 13.2. The fourth-order valence-electron chi connectivity index (χ4n) is 1.01. The molecule has 0 aromatic carbocycles. The van der Waals surface area contributed by atoms with Gasteiger partial charge in [0.15, 0.2) is 0 Å². The van der Waals surface area contributed by atoms with Gasteiger partial charge in [-0.3, -0.25) is 4.90 Å². The van der Waals surface area contributed by atoms with Crippen LogP contribution in [0.25, 0.3) is 0 Å². The molecule has 1 heterocycles. The second-order valence-corrected chi connectivity index (χ2v) is 4.37. The van der Waals surface area contributed by atoms with Gasteiger partial charge in [0.2, 0.25) is 0 Å². The van der Waals surface area contributed by atoms with Gasteiger partial charge in [0, 0.05) is 41.7 Å². The second kappa shape index (κ2) is 5.31. The van der Waals surface area contributed by atoms with Crippen molar-refractivity contribution in [1.82, 2.24) is 4.90 Å². The van der Waals surface area contributed by atoms with Crippen molar-refractivity contribution in [3.8, 4) is 0 Å². The predicted molar refractivity (Wildman–Crippen MR) is 53.6 cm³/mol. The van der Waals surface area contributed by atoms with Crippen LogP contribution < -0.4 is 0 Å². The monoisotopic (exact) mass is 211 g/mol. The molecule has 0 aliphatic carbocycles. The molecule has 4 heteroatoms. The molecule has 0 aromatic heterocycles. The first-order valence-corrected chi connectivity index (χ1v) is 5.54. The Kier molecular flexibility index (Phi) is 4.69. The molecule has 0 saturated carbocycles. The minimum atomic E-state index is 0.735. The van der Waals surface area contributed by atoms with Crippen molar-refractivity contribution in [2.45, 2.75) is 0 Å². The minimum Gasteiger partial charge on any atom is -0.297 e. The topological polar surface area (TPSA) is 3.24 Å². The summed E-state index contributed by atoms with van der Waals surface area (Å²) in [6, 6.07) is 0. The molecule has 1 aliphatic heterocycles. The molecule has 1 aliphatic rings. The summed E-state index contributed by atoms with van der Waals surface area (Å²) in [4.78, 5) is 2.32. The van der Waals surface area contributed by atoms with E-state index in [-0.39, 0.29) is 0 Å². The lowest BCUT2D eigenvalue weighted by Crippen LogP contribution is -2.33. The molecule has 64 valence electrons. The molecule has 0 amide bonds. The largest absolute Gasteiger partial charge is 0.297 e. The molecule has 0 unspecified atom stereocenters. The third-order valence-electron chi connectivity index (χ3n) is 1.60. The maximum atomic E-state index is 5.78. The molecule has 11 heavy (non-hydrogen) atoms. The summed E-state index contributed by atoms with van der Waals surface area (Å²) < 4.78 is 0. The quantitative estimate of drug-likeness (QED) is 0.691. The van der Waals surface area contributed by atoms with Crippen molar-refractivity contribution in [2.75, 3.05) is 31.1 Å². The highest BCUT2D eigenvalue weighted by molar-refractivity contribution is 7.99. The molecule has 1 rings (SSSR count).